The van der Waals surface area contributed by atoms with Crippen LogP contribution in [0.25, 0.3) is 0 Å². The van der Waals surface area contributed by atoms with E-state index in [1.807, 2.05) is 0 Å². The minimum Gasteiger partial charge on any atom is -0.342 e. The van der Waals surface area contributed by atoms with Gasteiger partial charge in [-0.1, -0.05) is 0 Å². The summed E-state index contributed by atoms with van der Waals surface area (Å²) in [5.41, 5.74) is 1.47. The topological polar surface area (TPSA) is 73.0 Å². The predicted molar refractivity (Wildman–Crippen MR) is 97.4 cm³/mol. The number of hydrogen-bond donors (Lipinski definition) is 1. The molecule has 7 heteroatoms. The zero-order valence-corrected chi connectivity index (χ0v) is 15.3. The lowest BCUT2D eigenvalue weighted by molar-refractivity contribution is -0.129. The van der Waals surface area contributed by atoms with Gasteiger partial charge < -0.3 is 15.1 Å². The molecule has 1 aliphatic heterocycles. The molecule has 1 fully saturated rings. The van der Waals surface area contributed by atoms with E-state index < -0.39 is 0 Å². The molecule has 0 aliphatic carbocycles. The first-order valence-corrected chi connectivity index (χ1v) is 8.38. The van der Waals surface area contributed by atoms with E-state index in [0.29, 0.717) is 18.8 Å². The number of likely N-dealkylation sites (N-methyl/N-ethyl adjacent to an activating group) is 1. The molecule has 3 amide bonds. The number of amides is 3. The van der Waals surface area contributed by atoms with Gasteiger partial charge in [-0.25, -0.2) is 0 Å². The van der Waals surface area contributed by atoms with E-state index in [1.54, 1.807) is 55.1 Å². The smallest absolute Gasteiger partial charge is 0.238 e. The first kappa shape index (κ1) is 18.9. The lowest BCUT2D eigenvalue weighted by Gasteiger charge is -2.23. The molecule has 0 unspecified atom stereocenters. The minimum atomic E-state index is -0.0844. The third-order valence-corrected chi connectivity index (χ3v) is 4.67. The highest BCUT2D eigenvalue weighted by Gasteiger charge is 2.27. The number of nitrogens with one attached hydrogen (secondary N) is 1. The Balaban J connectivity index is 1.85. The van der Waals surface area contributed by atoms with Crippen molar-refractivity contribution < 1.29 is 14.4 Å². The molecule has 1 N–H and O–H groups in total. The van der Waals surface area contributed by atoms with Crippen LogP contribution in [0.1, 0.15) is 20.3 Å². The minimum absolute atomic E-state index is 0.0455. The van der Waals surface area contributed by atoms with Crippen LogP contribution in [-0.4, -0.2) is 67.3 Å². The van der Waals surface area contributed by atoms with Crippen LogP contribution in [0, 0.1) is 0 Å². The Labute approximate surface area is 148 Å². The average molecular weight is 346 g/mol. The van der Waals surface area contributed by atoms with Gasteiger partial charge in [-0.3, -0.25) is 19.3 Å². The maximum atomic E-state index is 12.2. The van der Waals surface area contributed by atoms with E-state index in [2.05, 4.69) is 10.2 Å². The molecule has 2 rings (SSSR count). The van der Waals surface area contributed by atoms with E-state index in [-0.39, 0.29) is 23.8 Å². The van der Waals surface area contributed by atoms with Crippen LogP contribution in [0.15, 0.2) is 24.3 Å². The van der Waals surface area contributed by atoms with Gasteiger partial charge in [-0.05, 0) is 30.7 Å². The molecule has 1 atom stereocenters. The largest absolute Gasteiger partial charge is 0.342 e. The van der Waals surface area contributed by atoms with Gasteiger partial charge in [-0.15, -0.1) is 0 Å². The van der Waals surface area contributed by atoms with Gasteiger partial charge in [0.1, 0.15) is 0 Å². The Morgan fingerprint density at radius 3 is 2.32 bits per heavy atom. The summed E-state index contributed by atoms with van der Waals surface area (Å²) in [5, 5.41) is 2.87. The fourth-order valence-corrected chi connectivity index (χ4v) is 2.88. The van der Waals surface area contributed by atoms with Crippen LogP contribution in [-0.2, 0) is 14.4 Å². The van der Waals surface area contributed by atoms with E-state index >= 15 is 0 Å². The van der Waals surface area contributed by atoms with Crippen molar-refractivity contribution in [2.45, 2.75) is 26.3 Å². The number of benzene rings is 1. The molecular weight excluding hydrogens is 320 g/mol. The van der Waals surface area contributed by atoms with Crippen molar-refractivity contribution in [3.63, 3.8) is 0 Å². The van der Waals surface area contributed by atoms with Crippen LogP contribution in [0.5, 0.6) is 0 Å². The van der Waals surface area contributed by atoms with Crippen molar-refractivity contribution in [2.75, 3.05) is 43.9 Å². The van der Waals surface area contributed by atoms with Crippen LogP contribution < -0.4 is 10.2 Å². The van der Waals surface area contributed by atoms with E-state index in [0.717, 1.165) is 18.7 Å². The highest BCUT2D eigenvalue weighted by atomic mass is 16.2. The average Bonchev–Trinajstić information content (AvgIpc) is 3.02. The van der Waals surface area contributed by atoms with Crippen LogP contribution in [0.2, 0.25) is 0 Å². The molecule has 0 saturated carbocycles. The fourth-order valence-electron chi connectivity index (χ4n) is 2.88. The van der Waals surface area contributed by atoms with Gasteiger partial charge >= 0.3 is 0 Å². The quantitative estimate of drug-likeness (QED) is 0.868. The first-order valence-electron chi connectivity index (χ1n) is 8.38. The van der Waals surface area contributed by atoms with Gasteiger partial charge in [0.05, 0.1) is 6.54 Å². The summed E-state index contributed by atoms with van der Waals surface area (Å²) >= 11 is 0. The molecule has 1 aromatic rings. The zero-order valence-electron chi connectivity index (χ0n) is 15.3. The highest BCUT2D eigenvalue weighted by molar-refractivity contribution is 5.93. The molecule has 1 aliphatic rings. The van der Waals surface area contributed by atoms with Gasteiger partial charge in [0.25, 0.3) is 0 Å². The third-order valence-electron chi connectivity index (χ3n) is 4.67. The summed E-state index contributed by atoms with van der Waals surface area (Å²) in [5.74, 6) is -0.0818. The molecular formula is C18H26N4O3. The Morgan fingerprint density at radius 2 is 1.76 bits per heavy atom. The Kier molecular flexibility index (Phi) is 6.14. The summed E-state index contributed by atoms with van der Waals surface area (Å²) in [6.07, 6.45) is 0.884. The lowest BCUT2D eigenvalue weighted by Crippen LogP contribution is -2.39. The number of nitrogens with zero attached hydrogens (tertiary/aromatic N) is 3. The number of likely N-dealkylation sites (tertiary alicyclic amines) is 1. The standard InChI is InChI=1S/C18H26N4O3/c1-13(23)20(3)16-7-5-15(6-8-16)19-18(25)12-22-10-9-17(11-22)21(4)14(2)24/h5-8,17H,9-12H2,1-4H3,(H,19,25)/t17-/m1/s1. The number of rotatable bonds is 5. The van der Waals surface area contributed by atoms with Crippen molar-refractivity contribution in [1.29, 1.82) is 0 Å². The molecule has 0 spiro atoms. The molecule has 0 aromatic heterocycles. The van der Waals surface area contributed by atoms with Crippen LogP contribution >= 0.6 is 0 Å². The summed E-state index contributed by atoms with van der Waals surface area (Å²) < 4.78 is 0. The molecule has 136 valence electrons. The van der Waals surface area contributed by atoms with Gasteiger partial charge in [-0.2, -0.15) is 0 Å². The van der Waals surface area contributed by atoms with Crippen molar-refractivity contribution in [2.24, 2.45) is 0 Å². The second-order valence-electron chi connectivity index (χ2n) is 6.48. The summed E-state index contributed by atoms with van der Waals surface area (Å²) in [6, 6.07) is 7.33. The number of carbonyl (C=O) groups excluding carboxylic acids is 3. The molecule has 1 heterocycles. The van der Waals surface area contributed by atoms with Crippen molar-refractivity contribution in [1.82, 2.24) is 9.80 Å². The van der Waals surface area contributed by atoms with Crippen molar-refractivity contribution in [3.05, 3.63) is 24.3 Å². The highest BCUT2D eigenvalue weighted by Crippen LogP contribution is 2.18. The fraction of sp³-hybridized carbons (Fsp3) is 0.500. The summed E-state index contributed by atoms with van der Waals surface area (Å²) in [6.45, 7) is 4.88. The molecule has 25 heavy (non-hydrogen) atoms. The Morgan fingerprint density at radius 1 is 1.12 bits per heavy atom. The van der Waals surface area contributed by atoms with Gasteiger partial charge in [0, 0.05) is 58.4 Å². The molecule has 1 aromatic carbocycles. The normalized spacial score (nSPS) is 17.2. The number of carbonyl (C=O) groups is 3. The maximum Gasteiger partial charge on any atom is 0.238 e. The van der Waals surface area contributed by atoms with Crippen molar-refractivity contribution >= 4 is 29.1 Å². The van der Waals surface area contributed by atoms with Crippen molar-refractivity contribution in [3.8, 4) is 0 Å². The second kappa shape index (κ2) is 8.11. The SMILES string of the molecule is CC(=O)N(C)c1ccc(NC(=O)CN2CC[C@@H](N(C)C(C)=O)C2)cc1. The maximum absolute atomic E-state index is 12.2. The first-order chi connectivity index (χ1) is 11.8. The van der Waals surface area contributed by atoms with E-state index in [1.165, 1.54) is 6.92 Å². The Bertz CT molecular complexity index is 644. The number of hydrogen-bond acceptors (Lipinski definition) is 4. The molecule has 0 bridgehead atoms. The monoisotopic (exact) mass is 346 g/mol. The third kappa shape index (κ3) is 5.03. The summed E-state index contributed by atoms with van der Waals surface area (Å²) in [7, 11) is 3.51. The van der Waals surface area contributed by atoms with Gasteiger partial charge in [0.15, 0.2) is 0 Å². The molecule has 7 nitrogen and oxygen atoms in total. The second-order valence-corrected chi connectivity index (χ2v) is 6.48. The lowest BCUT2D eigenvalue weighted by atomic mass is 10.2. The van der Waals surface area contributed by atoms with E-state index in [9.17, 15) is 14.4 Å². The van der Waals surface area contributed by atoms with Crippen LogP contribution in [0.4, 0.5) is 11.4 Å². The van der Waals surface area contributed by atoms with Crippen LogP contribution in [0.3, 0.4) is 0 Å². The zero-order chi connectivity index (χ0) is 18.6. The Hall–Kier alpha value is -2.41. The van der Waals surface area contributed by atoms with E-state index in [4.69, 9.17) is 0 Å². The molecule has 1 saturated heterocycles. The molecule has 0 radical (unpaired) electrons. The van der Waals surface area contributed by atoms with Gasteiger partial charge in [0.2, 0.25) is 17.7 Å². The number of anilines is 2. The predicted octanol–water partition coefficient (Wildman–Crippen LogP) is 1.16. The summed E-state index contributed by atoms with van der Waals surface area (Å²) in [4.78, 5) is 40.3.